The topological polar surface area (TPSA) is 76.0 Å². The van der Waals surface area contributed by atoms with E-state index in [-0.39, 0.29) is 0 Å². The predicted octanol–water partition coefficient (Wildman–Crippen LogP) is 4.55. The molecule has 142 valence electrons. The van der Waals surface area contributed by atoms with Crippen LogP contribution in [0.25, 0.3) is 0 Å². The van der Waals surface area contributed by atoms with Crippen LogP contribution in [-0.4, -0.2) is 22.7 Å². The lowest BCUT2D eigenvalue weighted by Crippen LogP contribution is -2.20. The molecule has 0 spiro atoms. The average molecular weight is 378 g/mol. The van der Waals surface area contributed by atoms with Gasteiger partial charge in [-0.25, -0.2) is 4.57 Å². The first-order chi connectivity index (χ1) is 12.5. The third-order valence-corrected chi connectivity index (χ3v) is 5.74. The summed E-state index contributed by atoms with van der Waals surface area (Å²) in [6.07, 6.45) is 3.94. The summed E-state index contributed by atoms with van der Waals surface area (Å²) in [5.74, 6) is -0.986. The molecule has 5 nitrogen and oxygen atoms in total. The highest BCUT2D eigenvalue weighted by atomic mass is 31.2. The fourth-order valence-electron chi connectivity index (χ4n) is 2.55. The van der Waals surface area contributed by atoms with Gasteiger partial charge in [-0.05, 0) is 48.2 Å². The van der Waals surface area contributed by atoms with E-state index in [0.717, 1.165) is 36.8 Å². The molecular weight excluding hydrogens is 351 g/mol. The second-order valence-electron chi connectivity index (χ2n) is 6.17. The SMILES string of the molecule is CCCc1ccc(OP(=O)(Oc2ccc(CCC)cc2)C(O)CO)cc1. The Morgan fingerprint density at radius 1 is 0.846 bits per heavy atom. The lowest BCUT2D eigenvalue weighted by atomic mass is 10.1. The van der Waals surface area contributed by atoms with E-state index in [9.17, 15) is 14.8 Å². The molecular formula is C20H27O5P. The number of rotatable bonds is 10. The first-order valence-corrected chi connectivity index (χ1v) is 10.6. The second kappa shape index (κ2) is 9.77. The molecule has 1 unspecified atom stereocenters. The Balaban J connectivity index is 2.17. The minimum atomic E-state index is -4.01. The largest absolute Gasteiger partial charge is 0.461 e. The summed E-state index contributed by atoms with van der Waals surface area (Å²) in [5, 5.41) is 19.3. The van der Waals surface area contributed by atoms with Crippen molar-refractivity contribution in [2.45, 2.75) is 45.4 Å². The number of aliphatic hydroxyl groups excluding tert-OH is 2. The van der Waals surface area contributed by atoms with Crippen LogP contribution in [-0.2, 0) is 17.4 Å². The van der Waals surface area contributed by atoms with Crippen LogP contribution in [0.4, 0.5) is 0 Å². The van der Waals surface area contributed by atoms with Crippen LogP contribution in [0.2, 0.25) is 0 Å². The summed E-state index contributed by atoms with van der Waals surface area (Å²) in [5.41, 5.74) is 2.29. The zero-order valence-corrected chi connectivity index (χ0v) is 16.2. The molecule has 2 aromatic carbocycles. The van der Waals surface area contributed by atoms with Crippen LogP contribution in [0.1, 0.15) is 37.8 Å². The normalized spacial score (nSPS) is 12.6. The highest BCUT2D eigenvalue weighted by Crippen LogP contribution is 2.51. The highest BCUT2D eigenvalue weighted by molar-refractivity contribution is 7.55. The highest BCUT2D eigenvalue weighted by Gasteiger charge is 2.37. The molecule has 0 heterocycles. The van der Waals surface area contributed by atoms with Crippen LogP contribution in [0.3, 0.4) is 0 Å². The minimum Gasteiger partial charge on any atom is -0.414 e. The Hall–Kier alpha value is -1.81. The van der Waals surface area contributed by atoms with Crippen molar-refractivity contribution < 1.29 is 23.8 Å². The van der Waals surface area contributed by atoms with Gasteiger partial charge in [0, 0.05) is 0 Å². The van der Waals surface area contributed by atoms with Crippen molar-refractivity contribution in [2.75, 3.05) is 6.61 Å². The summed E-state index contributed by atoms with van der Waals surface area (Å²) in [7, 11) is -4.01. The first-order valence-electron chi connectivity index (χ1n) is 8.96. The second-order valence-corrected chi connectivity index (χ2v) is 8.21. The summed E-state index contributed by atoms with van der Waals surface area (Å²) < 4.78 is 24.0. The van der Waals surface area contributed by atoms with Crippen molar-refractivity contribution >= 4 is 7.60 Å². The minimum absolute atomic E-state index is 0.322. The van der Waals surface area contributed by atoms with Crippen molar-refractivity contribution in [3.05, 3.63) is 59.7 Å². The zero-order valence-electron chi connectivity index (χ0n) is 15.3. The summed E-state index contributed by atoms with van der Waals surface area (Å²) in [4.78, 5) is 0. The van der Waals surface area contributed by atoms with Crippen molar-refractivity contribution in [2.24, 2.45) is 0 Å². The molecule has 0 amide bonds. The maximum absolute atomic E-state index is 13.0. The molecule has 0 aliphatic carbocycles. The molecule has 2 aromatic rings. The summed E-state index contributed by atoms with van der Waals surface area (Å²) >= 11 is 0. The van der Waals surface area contributed by atoms with Gasteiger partial charge in [0.1, 0.15) is 11.5 Å². The molecule has 0 fully saturated rings. The first kappa shape index (κ1) is 20.5. The van der Waals surface area contributed by atoms with Gasteiger partial charge >= 0.3 is 7.60 Å². The lowest BCUT2D eigenvalue weighted by molar-refractivity contribution is 0.131. The van der Waals surface area contributed by atoms with Gasteiger partial charge < -0.3 is 19.3 Å². The number of benzene rings is 2. The van der Waals surface area contributed by atoms with Gasteiger partial charge in [0.15, 0.2) is 0 Å². The summed E-state index contributed by atoms with van der Waals surface area (Å²) in [6.45, 7) is 3.46. The van der Waals surface area contributed by atoms with Gasteiger partial charge in [0.2, 0.25) is 5.85 Å². The molecule has 2 rings (SSSR count). The van der Waals surface area contributed by atoms with E-state index in [1.807, 2.05) is 24.3 Å². The third-order valence-electron chi connectivity index (χ3n) is 3.92. The molecule has 1 atom stereocenters. The number of hydrogen-bond acceptors (Lipinski definition) is 5. The number of aliphatic hydroxyl groups is 2. The maximum Gasteiger partial charge on any atom is 0.461 e. The molecule has 0 saturated heterocycles. The average Bonchev–Trinajstić information content (AvgIpc) is 2.64. The third kappa shape index (κ3) is 5.60. The zero-order chi connectivity index (χ0) is 19.0. The number of aryl methyl sites for hydroxylation is 2. The Morgan fingerprint density at radius 2 is 1.23 bits per heavy atom. The Bertz CT molecular complexity index is 656. The van der Waals surface area contributed by atoms with E-state index in [4.69, 9.17) is 9.05 Å². The number of hydrogen-bond donors (Lipinski definition) is 2. The Morgan fingerprint density at radius 3 is 1.54 bits per heavy atom. The predicted molar refractivity (Wildman–Crippen MR) is 103 cm³/mol. The fraction of sp³-hybridized carbons (Fsp3) is 0.400. The van der Waals surface area contributed by atoms with Crippen LogP contribution in [0.15, 0.2) is 48.5 Å². The van der Waals surface area contributed by atoms with E-state index in [0.29, 0.717) is 11.5 Å². The van der Waals surface area contributed by atoms with Crippen molar-refractivity contribution in [3.8, 4) is 11.5 Å². The van der Waals surface area contributed by atoms with Crippen LogP contribution in [0, 0.1) is 0 Å². The Labute approximate surface area is 155 Å². The standard InChI is InChI=1S/C20H27O5P/c1-3-5-16-7-11-18(12-8-16)24-26(23,20(22)15-21)25-19-13-9-17(6-4-2)10-14-19/h7-14,20-22H,3-6,15H2,1-2H3. The van der Waals surface area contributed by atoms with Crippen molar-refractivity contribution in [1.29, 1.82) is 0 Å². The molecule has 0 aliphatic rings. The smallest absolute Gasteiger partial charge is 0.414 e. The maximum atomic E-state index is 13.0. The van der Waals surface area contributed by atoms with E-state index in [2.05, 4.69) is 13.8 Å². The molecule has 6 heteroatoms. The Kier molecular flexibility index (Phi) is 7.70. The summed E-state index contributed by atoms with van der Waals surface area (Å²) in [6, 6.07) is 14.3. The van der Waals surface area contributed by atoms with Gasteiger partial charge in [-0.15, -0.1) is 0 Å². The molecule has 0 saturated carbocycles. The van der Waals surface area contributed by atoms with E-state index in [1.54, 1.807) is 24.3 Å². The lowest BCUT2D eigenvalue weighted by Gasteiger charge is -2.23. The van der Waals surface area contributed by atoms with Gasteiger partial charge in [0.05, 0.1) is 6.61 Å². The fourth-order valence-corrected chi connectivity index (χ4v) is 3.86. The van der Waals surface area contributed by atoms with E-state index < -0.39 is 20.0 Å². The van der Waals surface area contributed by atoms with Gasteiger partial charge in [0.25, 0.3) is 0 Å². The quantitative estimate of drug-likeness (QED) is 0.593. The molecule has 0 aromatic heterocycles. The van der Waals surface area contributed by atoms with Gasteiger partial charge in [-0.3, -0.25) is 0 Å². The molecule has 2 N–H and O–H groups in total. The molecule has 0 aliphatic heterocycles. The van der Waals surface area contributed by atoms with Crippen LogP contribution in [0.5, 0.6) is 11.5 Å². The van der Waals surface area contributed by atoms with Gasteiger partial charge in [-0.1, -0.05) is 51.0 Å². The van der Waals surface area contributed by atoms with Crippen molar-refractivity contribution in [3.63, 3.8) is 0 Å². The van der Waals surface area contributed by atoms with Crippen LogP contribution < -0.4 is 9.05 Å². The van der Waals surface area contributed by atoms with Gasteiger partial charge in [-0.2, -0.15) is 0 Å². The monoisotopic (exact) mass is 378 g/mol. The molecule has 0 bridgehead atoms. The molecule has 0 radical (unpaired) electrons. The molecule has 26 heavy (non-hydrogen) atoms. The van der Waals surface area contributed by atoms with E-state index >= 15 is 0 Å². The van der Waals surface area contributed by atoms with Crippen LogP contribution >= 0.6 is 7.60 Å². The van der Waals surface area contributed by atoms with Crippen molar-refractivity contribution in [1.82, 2.24) is 0 Å². The van der Waals surface area contributed by atoms with E-state index in [1.165, 1.54) is 0 Å².